The molecule has 0 radical (unpaired) electrons. The molecule has 3 rings (SSSR count). The predicted octanol–water partition coefficient (Wildman–Crippen LogP) is 3.54. The third-order valence-corrected chi connectivity index (χ3v) is 5.08. The van der Waals surface area contributed by atoms with Gasteiger partial charge in [-0.3, -0.25) is 11.7 Å². The first-order chi connectivity index (χ1) is 15.1. The van der Waals surface area contributed by atoms with Gasteiger partial charge in [0.2, 0.25) is 0 Å². The lowest BCUT2D eigenvalue weighted by Gasteiger charge is -2.30. The molecule has 31 heavy (non-hydrogen) atoms. The molecule has 1 aliphatic carbocycles. The van der Waals surface area contributed by atoms with Crippen LogP contribution < -0.4 is 27.3 Å². The summed E-state index contributed by atoms with van der Waals surface area (Å²) in [6.45, 7) is 17.5. The molecule has 0 spiro atoms. The van der Waals surface area contributed by atoms with E-state index in [0.717, 1.165) is 51.2 Å². The molecule has 1 fully saturated rings. The lowest BCUT2D eigenvalue weighted by molar-refractivity contribution is 0.0946. The second-order valence-electron chi connectivity index (χ2n) is 7.29. The Hall–Kier alpha value is -1.48. The summed E-state index contributed by atoms with van der Waals surface area (Å²) in [5, 5.41) is 7.19. The zero-order valence-electron chi connectivity index (χ0n) is 20.6. The Morgan fingerprint density at radius 3 is 2.52 bits per heavy atom. The van der Waals surface area contributed by atoms with Crippen LogP contribution in [-0.4, -0.2) is 49.3 Å². The van der Waals surface area contributed by atoms with Gasteiger partial charge < -0.3 is 10.2 Å². The van der Waals surface area contributed by atoms with Crippen molar-refractivity contribution in [1.29, 1.82) is 0 Å². The Labute approximate surface area is 191 Å². The second-order valence-corrected chi connectivity index (χ2v) is 7.29. The molecule has 6 N–H and O–H groups in total. The number of hydrogen-bond donors (Lipinski definition) is 4. The van der Waals surface area contributed by atoms with E-state index in [4.69, 9.17) is 16.5 Å². The number of nitrogens with one attached hydrogen (secondary N) is 2. The van der Waals surface area contributed by atoms with E-state index in [9.17, 15) is 0 Å². The van der Waals surface area contributed by atoms with Gasteiger partial charge in [0.1, 0.15) is 5.75 Å². The maximum Gasteiger partial charge on any atom is 0.147 e. The number of likely N-dealkylation sites (N-methyl/N-ethyl adjacent to an activating group) is 1. The molecule has 7 nitrogen and oxygen atoms in total. The minimum atomic E-state index is 0.289. The molecule has 180 valence electrons. The summed E-state index contributed by atoms with van der Waals surface area (Å²) in [6.07, 6.45) is 5.69. The van der Waals surface area contributed by atoms with Gasteiger partial charge in [-0.05, 0) is 55.4 Å². The number of hydrazine groups is 2. The maximum absolute atomic E-state index is 5.88. The fourth-order valence-electron chi connectivity index (χ4n) is 3.74. The zero-order chi connectivity index (χ0) is 23.6. The highest BCUT2D eigenvalue weighted by Crippen LogP contribution is 2.32. The van der Waals surface area contributed by atoms with Gasteiger partial charge in [0.05, 0.1) is 6.04 Å². The van der Waals surface area contributed by atoms with Crippen molar-refractivity contribution in [2.45, 2.75) is 71.9 Å². The van der Waals surface area contributed by atoms with Crippen LogP contribution in [0.5, 0.6) is 5.75 Å². The molecule has 1 heterocycles. The van der Waals surface area contributed by atoms with Crippen molar-refractivity contribution < 1.29 is 4.84 Å². The van der Waals surface area contributed by atoms with Gasteiger partial charge in [0, 0.05) is 39.3 Å². The van der Waals surface area contributed by atoms with Gasteiger partial charge in [-0.25, -0.2) is 10.0 Å². The molecule has 0 bridgehead atoms. The van der Waals surface area contributed by atoms with Gasteiger partial charge in [-0.2, -0.15) is 5.48 Å². The minimum Gasteiger partial charge on any atom is -0.408 e. The highest BCUT2D eigenvalue weighted by molar-refractivity contribution is 5.39. The standard InChI is InChI=1S/C18H32N6O.2C2H6.C2H4/c1-23(19)11-9-21-18-6-2-4-14-12-16(7-8-17(14)18)25-22-15-5-3-10-24(20)13-15;3*1-2/h7-8,12,15,18,21-22H,2-6,9-11,13,19-20H2,1H3;2*1-2H3;1-2H2. The molecule has 1 aromatic carbocycles. The molecule has 2 unspecified atom stereocenters. The molecule has 2 atom stereocenters. The van der Waals surface area contributed by atoms with Gasteiger partial charge in [-0.15, -0.1) is 13.2 Å². The largest absolute Gasteiger partial charge is 0.408 e. The molecule has 2 aliphatic rings. The first-order valence-corrected chi connectivity index (χ1v) is 11.9. The van der Waals surface area contributed by atoms with Crippen molar-refractivity contribution in [3.63, 3.8) is 0 Å². The third kappa shape index (κ3) is 11.1. The van der Waals surface area contributed by atoms with Crippen molar-refractivity contribution in [2.24, 2.45) is 11.7 Å². The Morgan fingerprint density at radius 2 is 1.87 bits per heavy atom. The van der Waals surface area contributed by atoms with Gasteiger partial charge >= 0.3 is 0 Å². The van der Waals surface area contributed by atoms with Crippen LogP contribution in [0.3, 0.4) is 0 Å². The van der Waals surface area contributed by atoms with Gasteiger partial charge in [0.25, 0.3) is 0 Å². The maximum atomic E-state index is 5.88. The van der Waals surface area contributed by atoms with E-state index in [2.05, 4.69) is 42.2 Å². The van der Waals surface area contributed by atoms with E-state index < -0.39 is 0 Å². The quantitative estimate of drug-likeness (QED) is 0.295. The van der Waals surface area contributed by atoms with Crippen molar-refractivity contribution in [3.8, 4) is 5.75 Å². The monoisotopic (exact) mass is 436 g/mol. The topological polar surface area (TPSA) is 91.8 Å². The number of piperidine rings is 1. The zero-order valence-corrected chi connectivity index (χ0v) is 20.6. The Kier molecular flexibility index (Phi) is 17.3. The Morgan fingerprint density at radius 1 is 1.16 bits per heavy atom. The summed E-state index contributed by atoms with van der Waals surface area (Å²) in [5.74, 6) is 12.4. The van der Waals surface area contributed by atoms with Crippen LogP contribution in [0.25, 0.3) is 0 Å². The molecular weight excluding hydrogens is 388 g/mol. The predicted molar refractivity (Wildman–Crippen MR) is 133 cm³/mol. The fraction of sp³-hybridized carbons (Fsp3) is 0.667. The highest BCUT2D eigenvalue weighted by atomic mass is 16.6. The van der Waals surface area contributed by atoms with E-state index >= 15 is 0 Å². The van der Waals surface area contributed by atoms with E-state index in [1.165, 1.54) is 24.0 Å². The second kappa shape index (κ2) is 18.1. The molecular formula is C24H48N6O. The normalized spacial score (nSPS) is 20.1. The van der Waals surface area contributed by atoms with Crippen molar-refractivity contribution in [2.75, 3.05) is 33.2 Å². The summed E-state index contributed by atoms with van der Waals surface area (Å²) in [5.41, 5.74) is 5.95. The molecule has 1 aliphatic heterocycles. The van der Waals surface area contributed by atoms with E-state index in [1.54, 1.807) is 5.01 Å². The SMILES string of the molecule is C=C.CC.CC.CN(N)CCNC1CCCc2cc(ONC3CCCN(N)C3)ccc21. The first kappa shape index (κ1) is 29.5. The van der Waals surface area contributed by atoms with Crippen LogP contribution in [0.15, 0.2) is 31.4 Å². The summed E-state index contributed by atoms with van der Waals surface area (Å²) in [7, 11) is 1.89. The smallest absolute Gasteiger partial charge is 0.147 e. The molecule has 7 heteroatoms. The van der Waals surface area contributed by atoms with Crippen molar-refractivity contribution in [3.05, 3.63) is 42.5 Å². The average molecular weight is 437 g/mol. The molecule has 0 amide bonds. The number of nitrogens with two attached hydrogens (primary N) is 2. The van der Waals surface area contributed by atoms with E-state index in [0.29, 0.717) is 6.04 Å². The third-order valence-electron chi connectivity index (χ3n) is 5.08. The van der Waals surface area contributed by atoms with Crippen molar-refractivity contribution in [1.82, 2.24) is 20.8 Å². The van der Waals surface area contributed by atoms with Gasteiger partial charge in [0.15, 0.2) is 0 Å². The Balaban J connectivity index is 0.00000138. The minimum absolute atomic E-state index is 0.289. The molecule has 0 saturated carbocycles. The van der Waals surface area contributed by atoms with Crippen LogP contribution in [0.4, 0.5) is 0 Å². The van der Waals surface area contributed by atoms with Crippen LogP contribution in [0, 0.1) is 0 Å². The summed E-state index contributed by atoms with van der Waals surface area (Å²) in [6, 6.07) is 7.14. The number of hydrogen-bond acceptors (Lipinski definition) is 7. The molecule has 1 aromatic rings. The van der Waals surface area contributed by atoms with Crippen LogP contribution in [0.1, 0.15) is 70.5 Å². The van der Waals surface area contributed by atoms with Crippen LogP contribution in [0.2, 0.25) is 0 Å². The highest BCUT2D eigenvalue weighted by Gasteiger charge is 2.21. The number of aryl methyl sites for hydroxylation is 1. The van der Waals surface area contributed by atoms with Crippen LogP contribution in [-0.2, 0) is 6.42 Å². The summed E-state index contributed by atoms with van der Waals surface area (Å²) in [4.78, 5) is 5.83. The summed E-state index contributed by atoms with van der Waals surface area (Å²) >= 11 is 0. The fourth-order valence-corrected chi connectivity index (χ4v) is 3.74. The summed E-state index contributed by atoms with van der Waals surface area (Å²) < 4.78 is 0. The number of benzene rings is 1. The lowest BCUT2D eigenvalue weighted by atomic mass is 9.87. The van der Waals surface area contributed by atoms with E-state index in [1.807, 2.05) is 39.8 Å². The van der Waals surface area contributed by atoms with Crippen molar-refractivity contribution >= 4 is 0 Å². The first-order valence-electron chi connectivity index (χ1n) is 11.9. The van der Waals surface area contributed by atoms with E-state index in [-0.39, 0.29) is 6.04 Å². The molecule has 0 aromatic heterocycles. The number of nitrogens with zero attached hydrogens (tertiary/aromatic N) is 2. The average Bonchev–Trinajstić information content (AvgIpc) is 2.81. The number of fused-ring (bicyclic) bond motifs is 1. The van der Waals surface area contributed by atoms with Gasteiger partial charge in [-0.1, -0.05) is 33.8 Å². The molecule has 1 saturated heterocycles. The van der Waals surface area contributed by atoms with Crippen LogP contribution >= 0.6 is 0 Å². The number of rotatable bonds is 7. The lowest BCUT2D eigenvalue weighted by Crippen LogP contribution is -2.49. The Bertz CT molecular complexity index is 569. The number of hydroxylamine groups is 1.